The summed E-state index contributed by atoms with van der Waals surface area (Å²) in [6.07, 6.45) is 36.4. The van der Waals surface area contributed by atoms with Gasteiger partial charge < -0.3 is 47.4 Å². The van der Waals surface area contributed by atoms with Crippen LogP contribution in [0.3, 0.4) is 0 Å². The Kier molecular flexibility index (Phi) is 47.3. The van der Waals surface area contributed by atoms with Crippen LogP contribution in [-0.4, -0.2) is 113 Å². The number of likely N-dealkylation sites (N-methyl/N-ethyl adjacent to an activating group) is 1. The highest BCUT2D eigenvalue weighted by Gasteiger charge is 2.23. The highest BCUT2D eigenvalue weighted by atomic mass is 31.2. The second-order valence-electron chi connectivity index (χ2n) is 23.4. The van der Waals surface area contributed by atoms with Crippen LogP contribution in [0.5, 0.6) is 0 Å². The van der Waals surface area contributed by atoms with Crippen molar-refractivity contribution in [3.63, 3.8) is 0 Å². The van der Waals surface area contributed by atoms with E-state index in [1.54, 1.807) is 20.8 Å². The summed E-state index contributed by atoms with van der Waals surface area (Å²) in [5.41, 5.74) is -0.667. The second kappa shape index (κ2) is 49.1. The number of nitrogens with zero attached hydrogens (tertiary/aromatic N) is 1. The first-order chi connectivity index (χ1) is 36.7. The zero-order chi connectivity index (χ0) is 57.3. The maximum atomic E-state index is 12.8. The molecule has 0 bridgehead atoms. The minimum atomic E-state index is -4.65. The fourth-order valence-corrected chi connectivity index (χ4v) is 9.31. The Labute approximate surface area is 469 Å². The second-order valence-corrected chi connectivity index (χ2v) is 24.8. The van der Waals surface area contributed by atoms with Crippen molar-refractivity contribution < 1.29 is 70.6 Å². The predicted octanol–water partition coefficient (Wildman–Crippen LogP) is 14.5. The van der Waals surface area contributed by atoms with Crippen molar-refractivity contribution in [2.24, 2.45) is 0 Å². The van der Waals surface area contributed by atoms with Crippen LogP contribution in [0.1, 0.15) is 279 Å². The van der Waals surface area contributed by atoms with Crippen molar-refractivity contribution in [3.8, 4) is 0 Å². The van der Waals surface area contributed by atoms with Gasteiger partial charge in [0.15, 0.2) is 12.2 Å². The Morgan fingerprint density at radius 1 is 0.455 bits per heavy atom. The van der Waals surface area contributed by atoms with E-state index in [0.29, 0.717) is 30.3 Å². The summed E-state index contributed by atoms with van der Waals surface area (Å²) in [4.78, 5) is 75.0. The topological polar surface area (TPSA) is 202 Å². The SMILES string of the molecule is CCCCCCCCCCC(=O)OC[C@H](COP(=O)([O-])OCC[N+](C)(C)C)OC(=O)CCCCCCCCCCCCCCCCCCCCC(=O)O[C@@H](CNC(=O)OC(C)(C)C)COC(=O)CCCCCCCCCC. The lowest BCUT2D eigenvalue weighted by atomic mass is 10.0. The molecule has 0 aliphatic rings. The number of alkyl carbamates (subject to hydrolysis) is 1. The molecular weight excluding hydrogens is 1000 g/mol. The first-order valence-corrected chi connectivity index (χ1v) is 32.3. The maximum Gasteiger partial charge on any atom is 0.407 e. The molecule has 17 heteroatoms. The van der Waals surface area contributed by atoms with Crippen molar-refractivity contribution >= 4 is 37.8 Å². The first-order valence-electron chi connectivity index (χ1n) is 30.8. The fraction of sp³-hybridized carbons (Fsp3) is 0.917. The molecule has 77 heavy (non-hydrogen) atoms. The number of phosphoric ester groups is 1. The smallest absolute Gasteiger partial charge is 0.407 e. The Bertz CT molecular complexity index is 1520. The molecule has 0 spiro atoms. The molecule has 0 aromatic carbocycles. The molecule has 0 saturated heterocycles. The van der Waals surface area contributed by atoms with Gasteiger partial charge in [0.1, 0.15) is 32.0 Å². The zero-order valence-electron chi connectivity index (χ0n) is 50.4. The quantitative estimate of drug-likeness (QED) is 0.0198. The van der Waals surface area contributed by atoms with Gasteiger partial charge in [0, 0.05) is 25.7 Å². The van der Waals surface area contributed by atoms with Crippen LogP contribution in [-0.2, 0) is 56.5 Å². The van der Waals surface area contributed by atoms with E-state index in [2.05, 4.69) is 19.2 Å². The summed E-state index contributed by atoms with van der Waals surface area (Å²) in [6.45, 7) is 9.25. The largest absolute Gasteiger partial charge is 0.756 e. The molecule has 0 rings (SSSR count). The van der Waals surface area contributed by atoms with Gasteiger partial charge in [-0.1, -0.05) is 206 Å². The number of amides is 1. The minimum absolute atomic E-state index is 0.00266. The van der Waals surface area contributed by atoms with Gasteiger partial charge in [-0.05, 0) is 46.5 Å². The van der Waals surface area contributed by atoms with Crippen LogP contribution >= 0.6 is 7.82 Å². The maximum absolute atomic E-state index is 12.8. The van der Waals surface area contributed by atoms with E-state index < -0.39 is 50.3 Å². The van der Waals surface area contributed by atoms with E-state index >= 15 is 0 Å². The van der Waals surface area contributed by atoms with Gasteiger partial charge in [-0.25, -0.2) is 4.79 Å². The van der Waals surface area contributed by atoms with E-state index in [9.17, 15) is 33.4 Å². The summed E-state index contributed by atoms with van der Waals surface area (Å²) in [5.74, 6) is -1.56. The first kappa shape index (κ1) is 74.2. The van der Waals surface area contributed by atoms with Crippen molar-refractivity contribution in [2.45, 2.75) is 296 Å². The molecule has 0 aliphatic heterocycles. The molecule has 1 amide bonds. The van der Waals surface area contributed by atoms with Crippen molar-refractivity contribution in [2.75, 3.05) is 60.7 Å². The number of phosphoric acid groups is 1. The molecule has 0 aliphatic carbocycles. The minimum Gasteiger partial charge on any atom is -0.756 e. The standard InChI is InChI=1S/C60H115N2O14P/c1-9-11-13-15-17-31-35-39-43-55(63)70-50-53(49-61-59(67)76-60(3,4)5)74-57(65)45-41-37-33-29-27-25-23-21-19-20-22-24-26-28-30-34-38-42-46-58(66)75-54(52-73-77(68,69)72-48-47-62(6,7)8)51-71-56(64)44-40-36-32-18-16-14-12-10-2/h53-54H,9-52H2,1-8H3,(H-,61,67,68,69)/t53-,54+/m0/s1. The molecule has 0 radical (unpaired) electrons. The normalized spacial score (nSPS) is 13.4. The van der Waals surface area contributed by atoms with Crippen LogP contribution in [0.25, 0.3) is 0 Å². The Morgan fingerprint density at radius 2 is 0.766 bits per heavy atom. The summed E-state index contributed by atoms with van der Waals surface area (Å²) < 4.78 is 50.4. The van der Waals surface area contributed by atoms with Crippen LogP contribution in [0, 0.1) is 0 Å². The number of quaternary nitrogens is 1. The summed E-state index contributed by atoms with van der Waals surface area (Å²) in [6, 6.07) is 0. The van der Waals surface area contributed by atoms with Gasteiger partial charge in [-0.3, -0.25) is 23.7 Å². The number of ether oxygens (including phenoxy) is 5. The number of esters is 4. The third-order valence-corrected chi connectivity index (χ3v) is 14.2. The van der Waals surface area contributed by atoms with Crippen LogP contribution in [0.15, 0.2) is 0 Å². The molecule has 454 valence electrons. The zero-order valence-corrected chi connectivity index (χ0v) is 51.3. The molecule has 1 unspecified atom stereocenters. The molecule has 0 heterocycles. The number of hydrogen-bond donors (Lipinski definition) is 1. The van der Waals surface area contributed by atoms with Crippen LogP contribution < -0.4 is 10.2 Å². The van der Waals surface area contributed by atoms with E-state index in [1.165, 1.54) is 122 Å². The number of carbonyl (C=O) groups is 5. The molecule has 3 atom stereocenters. The Balaban J connectivity index is 4.22. The van der Waals surface area contributed by atoms with Crippen LogP contribution in [0.2, 0.25) is 0 Å². The summed E-state index contributed by atoms with van der Waals surface area (Å²) in [7, 11) is 1.11. The van der Waals surface area contributed by atoms with E-state index in [-0.39, 0.29) is 57.6 Å². The molecule has 0 aromatic rings. The molecule has 0 saturated carbocycles. The lowest BCUT2D eigenvalue weighted by Gasteiger charge is -2.28. The van der Waals surface area contributed by atoms with Crippen molar-refractivity contribution in [1.82, 2.24) is 5.32 Å². The van der Waals surface area contributed by atoms with E-state index in [1.807, 2.05) is 21.1 Å². The molecule has 0 aromatic heterocycles. The fourth-order valence-electron chi connectivity index (χ4n) is 8.58. The van der Waals surface area contributed by atoms with Gasteiger partial charge in [0.2, 0.25) is 0 Å². The number of rotatable bonds is 54. The lowest BCUT2D eigenvalue weighted by Crippen LogP contribution is -2.40. The highest BCUT2D eigenvalue weighted by Crippen LogP contribution is 2.38. The molecular formula is C60H115N2O14P. The monoisotopic (exact) mass is 1120 g/mol. The van der Waals surface area contributed by atoms with Gasteiger partial charge in [0.05, 0.1) is 34.3 Å². The lowest BCUT2D eigenvalue weighted by molar-refractivity contribution is -0.870. The average molecular weight is 1120 g/mol. The number of carbonyl (C=O) groups excluding carboxylic acids is 5. The van der Waals surface area contributed by atoms with Crippen molar-refractivity contribution in [1.29, 1.82) is 0 Å². The molecule has 1 N–H and O–H groups in total. The van der Waals surface area contributed by atoms with Gasteiger partial charge in [-0.2, -0.15) is 0 Å². The average Bonchev–Trinajstić information content (AvgIpc) is 3.35. The number of hydrogen-bond acceptors (Lipinski definition) is 14. The highest BCUT2D eigenvalue weighted by molar-refractivity contribution is 7.45. The molecule has 0 fully saturated rings. The van der Waals surface area contributed by atoms with E-state index in [4.69, 9.17) is 32.7 Å². The van der Waals surface area contributed by atoms with Gasteiger partial charge in [-0.15, -0.1) is 0 Å². The Morgan fingerprint density at radius 3 is 1.10 bits per heavy atom. The predicted molar refractivity (Wildman–Crippen MR) is 305 cm³/mol. The summed E-state index contributed by atoms with van der Waals surface area (Å²) >= 11 is 0. The van der Waals surface area contributed by atoms with Crippen molar-refractivity contribution in [3.05, 3.63) is 0 Å². The van der Waals surface area contributed by atoms with E-state index in [0.717, 1.165) is 83.5 Å². The van der Waals surface area contributed by atoms with Crippen LogP contribution in [0.4, 0.5) is 4.79 Å². The number of unbranched alkanes of at least 4 members (excludes halogenated alkanes) is 31. The molecule has 16 nitrogen and oxygen atoms in total. The van der Waals surface area contributed by atoms with Gasteiger partial charge in [0.25, 0.3) is 7.82 Å². The Hall–Kier alpha value is -2.78. The third kappa shape index (κ3) is 54.9. The van der Waals surface area contributed by atoms with Gasteiger partial charge >= 0.3 is 30.0 Å². The summed E-state index contributed by atoms with van der Waals surface area (Å²) in [5, 5.41) is 2.64. The third-order valence-electron chi connectivity index (χ3n) is 13.2. The number of nitrogens with one attached hydrogen (secondary N) is 1.